The Hall–Kier alpha value is -1.09. The lowest BCUT2D eigenvalue weighted by Crippen LogP contribution is -2.30. The third-order valence-corrected chi connectivity index (χ3v) is 2.78. The Bertz CT molecular complexity index is 303. The summed E-state index contributed by atoms with van der Waals surface area (Å²) in [6, 6.07) is 4.20. The Morgan fingerprint density at radius 2 is 2.50 bits per heavy atom. The van der Waals surface area contributed by atoms with Crippen LogP contribution in [-0.2, 0) is 4.79 Å². The molecule has 0 aliphatic heterocycles. The maximum absolute atomic E-state index is 11.3. The van der Waals surface area contributed by atoms with Crippen molar-refractivity contribution in [2.75, 3.05) is 0 Å². The number of carbonyl (C=O) groups is 1. The van der Waals surface area contributed by atoms with Gasteiger partial charge in [-0.15, -0.1) is 11.3 Å². The Labute approximate surface area is 88.6 Å². The van der Waals surface area contributed by atoms with E-state index in [0.717, 1.165) is 11.3 Å². The van der Waals surface area contributed by atoms with Crippen molar-refractivity contribution in [3.63, 3.8) is 0 Å². The minimum Gasteiger partial charge on any atom is -0.350 e. The Morgan fingerprint density at radius 3 is 3.07 bits per heavy atom. The van der Waals surface area contributed by atoms with E-state index in [-0.39, 0.29) is 11.9 Å². The van der Waals surface area contributed by atoms with Gasteiger partial charge in [0.2, 0.25) is 5.91 Å². The number of hydrogen-bond acceptors (Lipinski definition) is 2. The largest absolute Gasteiger partial charge is 0.350 e. The van der Waals surface area contributed by atoms with Gasteiger partial charge in [-0.05, 0) is 30.9 Å². The molecule has 1 aromatic heterocycles. The molecule has 0 radical (unpaired) electrons. The molecule has 0 fully saturated rings. The van der Waals surface area contributed by atoms with Crippen LogP contribution in [0.4, 0.5) is 0 Å². The second kappa shape index (κ2) is 5.60. The number of amides is 1. The number of carbonyl (C=O) groups excluding carboxylic acids is 1. The second-order valence-electron chi connectivity index (χ2n) is 3.17. The molecule has 0 spiro atoms. The third-order valence-electron chi connectivity index (χ3n) is 1.94. The van der Waals surface area contributed by atoms with Crippen molar-refractivity contribution in [2.24, 2.45) is 0 Å². The lowest BCUT2D eigenvalue weighted by Gasteiger charge is -2.08. The standard InChI is InChI=1S/C11H15NOS/c1-3-9(2)12-11(13)7-6-10-5-4-8-14-10/h4-9H,3H2,1-2H3,(H,12,13)/b7-6+/t9-/m1/s1. The van der Waals surface area contributed by atoms with Gasteiger partial charge in [0.1, 0.15) is 0 Å². The van der Waals surface area contributed by atoms with Gasteiger partial charge in [-0.25, -0.2) is 0 Å². The van der Waals surface area contributed by atoms with Gasteiger partial charge in [-0.3, -0.25) is 4.79 Å². The molecule has 0 saturated heterocycles. The van der Waals surface area contributed by atoms with E-state index in [1.165, 1.54) is 0 Å². The normalized spacial score (nSPS) is 13.0. The molecular weight excluding hydrogens is 194 g/mol. The van der Waals surface area contributed by atoms with Gasteiger partial charge in [0.15, 0.2) is 0 Å². The summed E-state index contributed by atoms with van der Waals surface area (Å²) in [5, 5.41) is 4.86. The first-order chi connectivity index (χ1) is 6.72. The topological polar surface area (TPSA) is 29.1 Å². The molecule has 14 heavy (non-hydrogen) atoms. The molecule has 0 saturated carbocycles. The van der Waals surface area contributed by atoms with E-state index in [9.17, 15) is 4.79 Å². The highest BCUT2D eigenvalue weighted by Crippen LogP contribution is 2.09. The second-order valence-corrected chi connectivity index (χ2v) is 4.15. The molecule has 3 heteroatoms. The summed E-state index contributed by atoms with van der Waals surface area (Å²) in [7, 11) is 0. The summed E-state index contributed by atoms with van der Waals surface area (Å²) in [6.07, 6.45) is 4.37. The van der Waals surface area contributed by atoms with Crippen LogP contribution in [0.25, 0.3) is 6.08 Å². The fourth-order valence-electron chi connectivity index (χ4n) is 0.937. The van der Waals surface area contributed by atoms with Crippen LogP contribution >= 0.6 is 11.3 Å². The third kappa shape index (κ3) is 3.75. The smallest absolute Gasteiger partial charge is 0.244 e. The molecule has 0 aliphatic carbocycles. The molecule has 76 valence electrons. The van der Waals surface area contributed by atoms with Gasteiger partial charge < -0.3 is 5.32 Å². The van der Waals surface area contributed by atoms with E-state index in [4.69, 9.17) is 0 Å². The Morgan fingerprint density at radius 1 is 1.71 bits per heavy atom. The predicted molar refractivity (Wildman–Crippen MR) is 61.2 cm³/mol. The zero-order valence-corrected chi connectivity index (χ0v) is 9.30. The van der Waals surface area contributed by atoms with Crippen molar-refractivity contribution in [2.45, 2.75) is 26.3 Å². The van der Waals surface area contributed by atoms with Crippen LogP contribution in [0.3, 0.4) is 0 Å². The molecule has 0 aliphatic rings. The van der Waals surface area contributed by atoms with Crippen LogP contribution in [0.15, 0.2) is 23.6 Å². The summed E-state index contributed by atoms with van der Waals surface area (Å²) in [5.74, 6) is -0.0206. The lowest BCUT2D eigenvalue weighted by atomic mass is 10.2. The predicted octanol–water partition coefficient (Wildman–Crippen LogP) is 2.68. The molecule has 2 nitrogen and oxygen atoms in total. The Balaban J connectivity index is 2.41. The number of nitrogens with one attached hydrogen (secondary N) is 1. The van der Waals surface area contributed by atoms with Crippen LogP contribution < -0.4 is 5.32 Å². The lowest BCUT2D eigenvalue weighted by molar-refractivity contribution is -0.117. The molecular formula is C11H15NOS. The molecule has 1 amide bonds. The van der Waals surface area contributed by atoms with Crippen LogP contribution in [0, 0.1) is 0 Å². The monoisotopic (exact) mass is 209 g/mol. The fourth-order valence-corrected chi connectivity index (χ4v) is 1.55. The average Bonchev–Trinajstić information content (AvgIpc) is 2.67. The van der Waals surface area contributed by atoms with Gasteiger partial charge in [-0.1, -0.05) is 13.0 Å². The number of rotatable bonds is 4. The SMILES string of the molecule is CC[C@@H](C)NC(=O)/C=C/c1cccs1. The molecule has 0 unspecified atom stereocenters. The van der Waals surface area contributed by atoms with E-state index < -0.39 is 0 Å². The van der Waals surface area contributed by atoms with Crippen molar-refractivity contribution < 1.29 is 4.79 Å². The van der Waals surface area contributed by atoms with Crippen molar-refractivity contribution in [3.8, 4) is 0 Å². The van der Waals surface area contributed by atoms with Crippen LogP contribution in [0.2, 0.25) is 0 Å². The fraction of sp³-hybridized carbons (Fsp3) is 0.364. The minimum absolute atomic E-state index is 0.0206. The highest BCUT2D eigenvalue weighted by Gasteiger charge is 2.00. The summed E-state index contributed by atoms with van der Waals surface area (Å²) < 4.78 is 0. The van der Waals surface area contributed by atoms with Crippen molar-refractivity contribution in [1.29, 1.82) is 0 Å². The van der Waals surface area contributed by atoms with E-state index in [0.29, 0.717) is 0 Å². The zero-order chi connectivity index (χ0) is 10.4. The first-order valence-corrected chi connectivity index (χ1v) is 5.62. The van der Waals surface area contributed by atoms with Gasteiger partial charge in [0, 0.05) is 17.0 Å². The van der Waals surface area contributed by atoms with Crippen molar-refractivity contribution >= 4 is 23.3 Å². The quantitative estimate of drug-likeness (QED) is 0.759. The first kappa shape index (κ1) is 11.0. The summed E-state index contributed by atoms with van der Waals surface area (Å²) in [5.41, 5.74) is 0. The number of thiophene rings is 1. The molecule has 0 aromatic carbocycles. The van der Waals surface area contributed by atoms with Crippen LogP contribution in [-0.4, -0.2) is 11.9 Å². The molecule has 1 N–H and O–H groups in total. The zero-order valence-electron chi connectivity index (χ0n) is 8.49. The van der Waals surface area contributed by atoms with Gasteiger partial charge in [0.05, 0.1) is 0 Å². The minimum atomic E-state index is -0.0206. The molecule has 1 aromatic rings. The van der Waals surface area contributed by atoms with E-state index in [1.807, 2.05) is 37.4 Å². The highest BCUT2D eigenvalue weighted by molar-refractivity contribution is 7.10. The first-order valence-electron chi connectivity index (χ1n) is 4.74. The molecule has 0 bridgehead atoms. The summed E-state index contributed by atoms with van der Waals surface area (Å²) in [4.78, 5) is 12.4. The van der Waals surface area contributed by atoms with Crippen molar-refractivity contribution in [3.05, 3.63) is 28.5 Å². The van der Waals surface area contributed by atoms with Gasteiger partial charge >= 0.3 is 0 Å². The van der Waals surface area contributed by atoms with Gasteiger partial charge in [-0.2, -0.15) is 0 Å². The van der Waals surface area contributed by atoms with E-state index in [2.05, 4.69) is 5.32 Å². The highest BCUT2D eigenvalue weighted by atomic mass is 32.1. The number of hydrogen-bond donors (Lipinski definition) is 1. The molecule has 1 rings (SSSR count). The molecule has 1 atom stereocenters. The van der Waals surface area contributed by atoms with E-state index in [1.54, 1.807) is 17.4 Å². The van der Waals surface area contributed by atoms with Crippen molar-refractivity contribution in [1.82, 2.24) is 5.32 Å². The Kier molecular flexibility index (Phi) is 4.40. The average molecular weight is 209 g/mol. The maximum atomic E-state index is 11.3. The maximum Gasteiger partial charge on any atom is 0.244 e. The van der Waals surface area contributed by atoms with Gasteiger partial charge in [0.25, 0.3) is 0 Å². The molecule has 1 heterocycles. The summed E-state index contributed by atoms with van der Waals surface area (Å²) in [6.45, 7) is 4.05. The summed E-state index contributed by atoms with van der Waals surface area (Å²) >= 11 is 1.62. The van der Waals surface area contributed by atoms with E-state index >= 15 is 0 Å². The van der Waals surface area contributed by atoms with Crippen LogP contribution in [0.1, 0.15) is 25.1 Å². The van der Waals surface area contributed by atoms with Crippen LogP contribution in [0.5, 0.6) is 0 Å².